The van der Waals surface area contributed by atoms with Crippen molar-refractivity contribution < 1.29 is 13.2 Å². The van der Waals surface area contributed by atoms with Gasteiger partial charge in [0, 0.05) is 17.5 Å². The lowest BCUT2D eigenvalue weighted by atomic mass is 9.89. The number of carbonyl (C=O) groups is 1. The van der Waals surface area contributed by atoms with Crippen LogP contribution in [-0.2, 0) is 34.0 Å². The number of aromatic nitrogens is 2. The first-order chi connectivity index (χ1) is 13.3. The van der Waals surface area contributed by atoms with E-state index in [4.69, 9.17) is 0 Å². The molecule has 2 aromatic heterocycles. The Morgan fingerprint density at radius 1 is 1.39 bits per heavy atom. The second-order valence-corrected chi connectivity index (χ2v) is 11.3. The summed E-state index contributed by atoms with van der Waals surface area (Å²) in [6.07, 6.45) is 4.84. The fraction of sp³-hybridized carbons (Fsp3) is 0.632. The molecule has 3 heterocycles. The SMILES string of the molecule is CCN(C(=O)Cn1cnc2sc3c(c2c1=O)CCC(C)C3)C1CCS(=O)(=O)C1. The maximum absolute atomic E-state index is 13.1. The van der Waals surface area contributed by atoms with Crippen molar-refractivity contribution in [3.63, 3.8) is 0 Å². The highest BCUT2D eigenvalue weighted by Crippen LogP contribution is 2.35. The number of amides is 1. The van der Waals surface area contributed by atoms with Crippen LogP contribution in [0.1, 0.15) is 37.1 Å². The van der Waals surface area contributed by atoms with E-state index in [1.165, 1.54) is 15.8 Å². The highest BCUT2D eigenvalue weighted by Gasteiger charge is 2.34. The Kier molecular flexibility index (Phi) is 5.07. The third-order valence-corrected chi connectivity index (χ3v) is 8.81. The molecule has 2 aromatic rings. The first kappa shape index (κ1) is 19.6. The van der Waals surface area contributed by atoms with E-state index in [1.54, 1.807) is 16.2 Å². The molecule has 4 rings (SSSR count). The van der Waals surface area contributed by atoms with Gasteiger partial charge in [0.1, 0.15) is 11.4 Å². The zero-order chi connectivity index (χ0) is 20.1. The van der Waals surface area contributed by atoms with E-state index in [1.807, 2.05) is 6.92 Å². The van der Waals surface area contributed by atoms with Crippen LogP contribution < -0.4 is 5.56 Å². The van der Waals surface area contributed by atoms with Crippen LogP contribution in [0.15, 0.2) is 11.1 Å². The molecule has 28 heavy (non-hydrogen) atoms. The van der Waals surface area contributed by atoms with Gasteiger partial charge in [0.25, 0.3) is 5.56 Å². The fourth-order valence-corrected chi connectivity index (χ4v) is 7.45. The van der Waals surface area contributed by atoms with Gasteiger partial charge in [0.15, 0.2) is 9.84 Å². The Bertz CT molecular complexity index is 1090. The van der Waals surface area contributed by atoms with Crippen molar-refractivity contribution in [2.24, 2.45) is 5.92 Å². The van der Waals surface area contributed by atoms with E-state index in [-0.39, 0.29) is 35.6 Å². The number of fused-ring (bicyclic) bond motifs is 3. The van der Waals surface area contributed by atoms with Crippen LogP contribution in [0.5, 0.6) is 0 Å². The lowest BCUT2D eigenvalue weighted by Gasteiger charge is -2.27. The van der Waals surface area contributed by atoms with Gasteiger partial charge >= 0.3 is 0 Å². The number of sulfone groups is 1. The molecule has 0 spiro atoms. The van der Waals surface area contributed by atoms with Crippen LogP contribution in [-0.4, -0.2) is 52.9 Å². The van der Waals surface area contributed by atoms with Crippen LogP contribution in [0.25, 0.3) is 10.2 Å². The number of hydrogen-bond donors (Lipinski definition) is 0. The fourth-order valence-electron chi connectivity index (χ4n) is 4.37. The maximum atomic E-state index is 13.1. The van der Waals surface area contributed by atoms with Gasteiger partial charge in [0.05, 0.1) is 23.2 Å². The summed E-state index contributed by atoms with van der Waals surface area (Å²) in [7, 11) is -3.07. The third-order valence-electron chi connectivity index (χ3n) is 5.90. The highest BCUT2D eigenvalue weighted by molar-refractivity contribution is 7.91. The summed E-state index contributed by atoms with van der Waals surface area (Å²) in [6.45, 7) is 4.38. The Balaban J connectivity index is 1.62. The zero-order valence-corrected chi connectivity index (χ0v) is 17.8. The number of aryl methyl sites for hydroxylation is 1. The molecular weight excluding hydrogens is 398 g/mol. The molecular formula is C19H25N3O4S2. The molecule has 1 aliphatic heterocycles. The number of hydrogen-bond acceptors (Lipinski definition) is 6. The molecule has 0 saturated carbocycles. The highest BCUT2D eigenvalue weighted by atomic mass is 32.2. The van der Waals surface area contributed by atoms with Gasteiger partial charge in [-0.05, 0) is 44.1 Å². The van der Waals surface area contributed by atoms with E-state index in [9.17, 15) is 18.0 Å². The normalized spacial score (nSPS) is 23.6. The summed E-state index contributed by atoms with van der Waals surface area (Å²) in [5, 5.41) is 0.661. The summed E-state index contributed by atoms with van der Waals surface area (Å²) in [4.78, 5) is 34.0. The Labute approximate surface area is 168 Å². The average molecular weight is 424 g/mol. The van der Waals surface area contributed by atoms with Crippen LogP contribution >= 0.6 is 11.3 Å². The van der Waals surface area contributed by atoms with Crippen LogP contribution in [0.2, 0.25) is 0 Å². The standard InChI is InChI=1S/C19H25N3O4S2/c1-3-22(13-6-7-28(25,26)10-13)16(23)9-21-11-20-18-17(19(21)24)14-5-4-12(2)8-15(14)27-18/h11-13H,3-10H2,1-2H3. The second-order valence-electron chi connectivity index (χ2n) is 7.95. The van der Waals surface area contributed by atoms with Gasteiger partial charge in [0.2, 0.25) is 5.91 Å². The van der Waals surface area contributed by atoms with E-state index in [2.05, 4.69) is 11.9 Å². The van der Waals surface area contributed by atoms with Crippen molar-refractivity contribution in [2.75, 3.05) is 18.1 Å². The molecule has 1 fully saturated rings. The number of nitrogens with zero attached hydrogens (tertiary/aromatic N) is 3. The first-order valence-electron chi connectivity index (χ1n) is 9.78. The Morgan fingerprint density at radius 2 is 2.18 bits per heavy atom. The molecule has 2 atom stereocenters. The predicted molar refractivity (Wildman–Crippen MR) is 110 cm³/mol. The molecule has 0 radical (unpaired) electrons. The smallest absolute Gasteiger partial charge is 0.262 e. The zero-order valence-electron chi connectivity index (χ0n) is 16.2. The van der Waals surface area contributed by atoms with Crippen molar-refractivity contribution in [1.29, 1.82) is 0 Å². The van der Waals surface area contributed by atoms with Gasteiger partial charge in [-0.2, -0.15) is 0 Å². The molecule has 9 heteroatoms. The van der Waals surface area contributed by atoms with Crippen LogP contribution in [0, 0.1) is 5.92 Å². The van der Waals surface area contributed by atoms with Crippen molar-refractivity contribution >= 4 is 37.3 Å². The summed E-state index contributed by atoms with van der Waals surface area (Å²) in [6, 6.07) is -0.301. The molecule has 0 bridgehead atoms. The quantitative estimate of drug-likeness (QED) is 0.745. The van der Waals surface area contributed by atoms with E-state index in [0.717, 1.165) is 29.7 Å². The summed E-state index contributed by atoms with van der Waals surface area (Å²) < 4.78 is 24.9. The lowest BCUT2D eigenvalue weighted by Crippen LogP contribution is -2.43. The van der Waals surface area contributed by atoms with E-state index < -0.39 is 9.84 Å². The molecule has 152 valence electrons. The number of carbonyl (C=O) groups excluding carboxylic acids is 1. The summed E-state index contributed by atoms with van der Waals surface area (Å²) in [5.74, 6) is 0.513. The van der Waals surface area contributed by atoms with Crippen LogP contribution in [0.4, 0.5) is 0 Å². The van der Waals surface area contributed by atoms with Gasteiger partial charge in [-0.25, -0.2) is 13.4 Å². The minimum Gasteiger partial charge on any atom is -0.337 e. The van der Waals surface area contributed by atoms with Gasteiger partial charge in [-0.15, -0.1) is 11.3 Å². The van der Waals surface area contributed by atoms with E-state index in [0.29, 0.717) is 24.3 Å². The topological polar surface area (TPSA) is 89.3 Å². The maximum Gasteiger partial charge on any atom is 0.262 e. The van der Waals surface area contributed by atoms with Gasteiger partial charge in [-0.1, -0.05) is 6.92 Å². The molecule has 2 aliphatic rings. The monoisotopic (exact) mass is 423 g/mol. The average Bonchev–Trinajstić information content (AvgIpc) is 3.17. The Morgan fingerprint density at radius 3 is 2.86 bits per heavy atom. The number of rotatable bonds is 4. The van der Waals surface area contributed by atoms with Crippen molar-refractivity contribution in [1.82, 2.24) is 14.5 Å². The summed E-state index contributed by atoms with van der Waals surface area (Å²) >= 11 is 1.59. The van der Waals surface area contributed by atoms with Crippen LogP contribution in [0.3, 0.4) is 0 Å². The van der Waals surface area contributed by atoms with Crippen molar-refractivity contribution in [3.05, 3.63) is 27.1 Å². The van der Waals surface area contributed by atoms with Gasteiger partial charge in [-0.3, -0.25) is 14.2 Å². The molecule has 0 aromatic carbocycles. The second kappa shape index (κ2) is 7.26. The third kappa shape index (κ3) is 3.50. The molecule has 1 amide bonds. The summed E-state index contributed by atoms with van der Waals surface area (Å²) in [5.41, 5.74) is 0.937. The van der Waals surface area contributed by atoms with Crippen molar-refractivity contribution in [3.8, 4) is 0 Å². The molecule has 7 nitrogen and oxygen atoms in total. The largest absolute Gasteiger partial charge is 0.337 e. The minimum atomic E-state index is -3.07. The Hall–Kier alpha value is -1.74. The van der Waals surface area contributed by atoms with Crippen molar-refractivity contribution in [2.45, 2.75) is 52.1 Å². The lowest BCUT2D eigenvalue weighted by molar-refractivity contribution is -0.133. The molecule has 0 N–H and O–H groups in total. The number of likely N-dealkylation sites (N-methyl/N-ethyl adjacent to an activating group) is 1. The molecule has 2 unspecified atom stereocenters. The first-order valence-corrected chi connectivity index (χ1v) is 12.4. The minimum absolute atomic E-state index is 0.00892. The van der Waals surface area contributed by atoms with E-state index >= 15 is 0 Å². The van der Waals surface area contributed by atoms with Gasteiger partial charge < -0.3 is 4.90 Å². The predicted octanol–water partition coefficient (Wildman–Crippen LogP) is 1.62. The molecule has 1 saturated heterocycles. The molecule has 1 aliphatic carbocycles. The number of thiophene rings is 1.